The van der Waals surface area contributed by atoms with Gasteiger partial charge in [-0.3, -0.25) is 4.79 Å². The standard InChI is InChI=1S/C20H15ClF3N5O3S2/c1-11-16(18(30)28-34(2,31)32)27-19(33-11)29(14-5-3-12(8-25)4-6-14)10-13-7-15(21)17(26-9-13)20(22,23)24/h3-7,9H,10H2,1-2H3,(H,28,30). The van der Waals surface area contributed by atoms with Gasteiger partial charge in [-0.15, -0.1) is 11.3 Å². The summed E-state index contributed by atoms with van der Waals surface area (Å²) < 4.78 is 63.7. The van der Waals surface area contributed by atoms with Gasteiger partial charge in [-0.25, -0.2) is 23.1 Å². The summed E-state index contributed by atoms with van der Waals surface area (Å²) in [6.45, 7) is 1.54. The fraction of sp³-hybridized carbons (Fsp3) is 0.200. The van der Waals surface area contributed by atoms with Crippen LogP contribution in [0.5, 0.6) is 0 Å². The minimum atomic E-state index is -4.71. The fourth-order valence-electron chi connectivity index (χ4n) is 2.87. The second kappa shape index (κ2) is 9.57. The van der Waals surface area contributed by atoms with E-state index in [9.17, 15) is 26.4 Å². The normalized spacial score (nSPS) is 11.7. The van der Waals surface area contributed by atoms with Crippen LogP contribution in [-0.4, -0.2) is 30.5 Å². The summed E-state index contributed by atoms with van der Waals surface area (Å²) in [5, 5.41) is 8.74. The zero-order chi connectivity index (χ0) is 25.3. The van der Waals surface area contributed by atoms with Crippen LogP contribution < -0.4 is 9.62 Å². The summed E-state index contributed by atoms with van der Waals surface area (Å²) in [7, 11) is -3.82. The minimum Gasteiger partial charge on any atom is -0.313 e. The van der Waals surface area contributed by atoms with Gasteiger partial charge in [0.2, 0.25) is 10.0 Å². The molecule has 0 bridgehead atoms. The van der Waals surface area contributed by atoms with Crippen molar-refractivity contribution in [2.45, 2.75) is 19.6 Å². The maximum atomic E-state index is 13.0. The number of nitrogens with zero attached hydrogens (tertiary/aromatic N) is 4. The maximum absolute atomic E-state index is 13.0. The number of aryl methyl sites for hydroxylation is 1. The van der Waals surface area contributed by atoms with Crippen molar-refractivity contribution in [3.05, 3.63) is 68.9 Å². The van der Waals surface area contributed by atoms with Crippen molar-refractivity contribution < 1.29 is 26.4 Å². The molecule has 0 saturated carbocycles. The lowest BCUT2D eigenvalue weighted by atomic mass is 10.2. The van der Waals surface area contributed by atoms with Gasteiger partial charge in [0.25, 0.3) is 5.91 Å². The molecule has 1 N–H and O–H groups in total. The van der Waals surface area contributed by atoms with Gasteiger partial charge in [0.1, 0.15) is 5.69 Å². The van der Waals surface area contributed by atoms with E-state index in [4.69, 9.17) is 16.9 Å². The summed E-state index contributed by atoms with van der Waals surface area (Å²) in [4.78, 5) is 22.0. The van der Waals surface area contributed by atoms with Crippen LogP contribution in [0.1, 0.15) is 32.2 Å². The molecule has 0 radical (unpaired) electrons. The zero-order valence-electron chi connectivity index (χ0n) is 17.5. The second-order valence-corrected chi connectivity index (χ2v) is 10.4. The van der Waals surface area contributed by atoms with Crippen molar-refractivity contribution in [2.75, 3.05) is 11.2 Å². The number of hydrogen-bond acceptors (Lipinski definition) is 8. The van der Waals surface area contributed by atoms with Gasteiger partial charge in [0, 0.05) is 16.8 Å². The molecule has 3 aromatic rings. The van der Waals surface area contributed by atoms with Gasteiger partial charge in [-0.1, -0.05) is 11.6 Å². The predicted octanol–water partition coefficient (Wildman–Crippen LogP) is 4.42. The Hall–Kier alpha value is -3.21. The molecule has 3 rings (SSSR count). The Morgan fingerprint density at radius 1 is 1.29 bits per heavy atom. The van der Waals surface area contributed by atoms with Crippen LogP contribution in [0.25, 0.3) is 0 Å². The number of alkyl halides is 3. The van der Waals surface area contributed by atoms with E-state index in [-0.39, 0.29) is 17.4 Å². The van der Waals surface area contributed by atoms with E-state index in [1.54, 1.807) is 24.0 Å². The molecule has 0 aliphatic heterocycles. The predicted molar refractivity (Wildman–Crippen MR) is 120 cm³/mol. The van der Waals surface area contributed by atoms with Crippen molar-refractivity contribution in [3.63, 3.8) is 0 Å². The number of benzene rings is 1. The number of carbonyl (C=O) groups is 1. The molecule has 0 unspecified atom stereocenters. The Balaban J connectivity index is 2.04. The SMILES string of the molecule is Cc1sc(N(Cc2cnc(C(F)(F)F)c(Cl)c2)c2ccc(C#N)cc2)nc1C(=O)NS(C)(=O)=O. The number of nitriles is 1. The van der Waals surface area contributed by atoms with Gasteiger partial charge in [0.15, 0.2) is 10.8 Å². The number of nitrogens with one attached hydrogen (secondary N) is 1. The van der Waals surface area contributed by atoms with Crippen LogP contribution in [0.4, 0.5) is 24.0 Å². The number of aromatic nitrogens is 2. The zero-order valence-corrected chi connectivity index (χ0v) is 19.9. The Kier molecular flexibility index (Phi) is 7.15. The van der Waals surface area contributed by atoms with Crippen LogP contribution in [0, 0.1) is 18.3 Å². The van der Waals surface area contributed by atoms with Crippen molar-refractivity contribution in [3.8, 4) is 6.07 Å². The number of amides is 1. The maximum Gasteiger partial charge on any atom is 0.434 e. The monoisotopic (exact) mass is 529 g/mol. The summed E-state index contributed by atoms with van der Waals surface area (Å²) in [5.74, 6) is -0.915. The molecule has 0 aliphatic carbocycles. The largest absolute Gasteiger partial charge is 0.434 e. The summed E-state index contributed by atoms with van der Waals surface area (Å²) in [6.07, 6.45) is -2.85. The van der Waals surface area contributed by atoms with Crippen LogP contribution in [0.3, 0.4) is 0 Å². The molecule has 0 fully saturated rings. The van der Waals surface area contributed by atoms with E-state index in [1.165, 1.54) is 12.1 Å². The lowest BCUT2D eigenvalue weighted by Crippen LogP contribution is -2.30. The van der Waals surface area contributed by atoms with Crippen LogP contribution in [0.2, 0.25) is 5.02 Å². The quantitative estimate of drug-likeness (QED) is 0.502. The number of sulfonamides is 1. The number of rotatable bonds is 6. The molecule has 1 amide bonds. The third-order valence-corrected chi connectivity index (χ3v) is 6.16. The molecule has 0 saturated heterocycles. The Morgan fingerprint density at radius 2 is 1.94 bits per heavy atom. The van der Waals surface area contributed by atoms with E-state index < -0.39 is 32.8 Å². The van der Waals surface area contributed by atoms with Crippen molar-refractivity contribution >= 4 is 49.7 Å². The third kappa shape index (κ3) is 6.02. The third-order valence-electron chi connectivity index (χ3n) is 4.32. The molecular formula is C20H15ClF3N5O3S2. The first kappa shape index (κ1) is 25.4. The average Bonchev–Trinajstić information content (AvgIpc) is 3.11. The molecule has 0 aliphatic rings. The van der Waals surface area contributed by atoms with Crippen molar-refractivity contribution in [2.24, 2.45) is 0 Å². The number of hydrogen-bond donors (Lipinski definition) is 1. The topological polar surface area (TPSA) is 116 Å². The molecule has 1 aromatic carbocycles. The summed E-state index contributed by atoms with van der Waals surface area (Å²) in [6, 6.07) is 9.40. The lowest BCUT2D eigenvalue weighted by Gasteiger charge is -2.22. The first-order valence-corrected chi connectivity index (χ1v) is 12.4. The number of halogens is 4. The van der Waals surface area contributed by atoms with E-state index in [0.717, 1.165) is 29.9 Å². The molecule has 2 aromatic heterocycles. The van der Waals surface area contributed by atoms with Crippen LogP contribution in [0.15, 0.2) is 36.5 Å². The molecule has 0 atom stereocenters. The molecular weight excluding hydrogens is 515 g/mol. The van der Waals surface area contributed by atoms with E-state index in [2.05, 4.69) is 9.97 Å². The molecule has 34 heavy (non-hydrogen) atoms. The number of anilines is 2. The number of pyridine rings is 1. The number of carbonyl (C=O) groups excluding carboxylic acids is 1. The molecule has 2 heterocycles. The van der Waals surface area contributed by atoms with Gasteiger partial charge in [-0.05, 0) is 42.8 Å². The molecule has 8 nitrogen and oxygen atoms in total. The van der Waals surface area contributed by atoms with Gasteiger partial charge in [-0.2, -0.15) is 18.4 Å². The minimum absolute atomic E-state index is 0.0309. The average molecular weight is 530 g/mol. The van der Waals surface area contributed by atoms with E-state index >= 15 is 0 Å². The second-order valence-electron chi connectivity index (χ2n) is 7.02. The molecule has 178 valence electrons. The molecule has 14 heteroatoms. The van der Waals surface area contributed by atoms with Crippen molar-refractivity contribution in [1.82, 2.24) is 14.7 Å². The van der Waals surface area contributed by atoms with Gasteiger partial charge in [0.05, 0.1) is 29.5 Å². The van der Waals surface area contributed by atoms with Gasteiger partial charge >= 0.3 is 6.18 Å². The molecule has 0 spiro atoms. The van der Waals surface area contributed by atoms with E-state index in [1.807, 2.05) is 10.8 Å². The Labute approximate surface area is 201 Å². The highest BCUT2D eigenvalue weighted by atomic mass is 35.5. The highest BCUT2D eigenvalue weighted by Gasteiger charge is 2.35. The van der Waals surface area contributed by atoms with Crippen LogP contribution in [-0.2, 0) is 22.7 Å². The van der Waals surface area contributed by atoms with E-state index in [0.29, 0.717) is 21.7 Å². The Bertz CT molecular complexity index is 1380. The lowest BCUT2D eigenvalue weighted by molar-refractivity contribution is -0.141. The number of thiazole rings is 1. The van der Waals surface area contributed by atoms with Crippen LogP contribution >= 0.6 is 22.9 Å². The first-order chi connectivity index (χ1) is 15.8. The summed E-state index contributed by atoms with van der Waals surface area (Å²) in [5.41, 5.74) is -0.122. The highest BCUT2D eigenvalue weighted by molar-refractivity contribution is 7.89. The summed E-state index contributed by atoms with van der Waals surface area (Å²) >= 11 is 6.87. The fourth-order valence-corrected chi connectivity index (χ4v) is 4.52. The van der Waals surface area contributed by atoms with Crippen molar-refractivity contribution in [1.29, 1.82) is 5.26 Å². The Morgan fingerprint density at radius 3 is 2.47 bits per heavy atom. The smallest absolute Gasteiger partial charge is 0.313 e. The highest BCUT2D eigenvalue weighted by Crippen LogP contribution is 2.36. The van der Waals surface area contributed by atoms with Gasteiger partial charge < -0.3 is 4.90 Å². The first-order valence-electron chi connectivity index (χ1n) is 9.27.